The van der Waals surface area contributed by atoms with Crippen molar-refractivity contribution in [2.45, 2.75) is 26.4 Å². The molecule has 0 aliphatic heterocycles. The fourth-order valence-electron chi connectivity index (χ4n) is 0.446. The van der Waals surface area contributed by atoms with Gasteiger partial charge in [-0.3, -0.25) is 4.79 Å². The smallest absolute Gasteiger partial charge is 0.158 e. The maximum Gasteiger partial charge on any atom is 0.158 e. The van der Waals surface area contributed by atoms with Gasteiger partial charge in [0.05, 0.1) is 6.61 Å². The van der Waals surface area contributed by atoms with Gasteiger partial charge in [0.1, 0.15) is 6.10 Å². The molecule has 0 spiro atoms. The molecule has 0 aromatic heterocycles. The summed E-state index contributed by atoms with van der Waals surface area (Å²) in [5, 5.41) is 0. The lowest BCUT2D eigenvalue weighted by molar-refractivity contribution is -0.127. The van der Waals surface area contributed by atoms with Crippen LogP contribution >= 0.6 is 0 Å². The molecule has 0 aromatic carbocycles. The van der Waals surface area contributed by atoms with E-state index >= 15 is 0 Å². The molecule has 0 amide bonds. The van der Waals surface area contributed by atoms with Crippen molar-refractivity contribution in [2.24, 2.45) is 0 Å². The molecule has 0 saturated heterocycles. The highest BCUT2D eigenvalue weighted by Crippen LogP contribution is 1.93. The second kappa shape index (κ2) is 5.18. The Morgan fingerprint density at radius 2 is 2.40 bits per heavy atom. The highest BCUT2D eigenvalue weighted by Gasteiger charge is 2.05. The molecular weight excluding hydrogens is 128 g/mol. The van der Waals surface area contributed by atoms with Gasteiger partial charge in [-0.15, -0.1) is 6.58 Å². The lowest BCUT2D eigenvalue weighted by Crippen LogP contribution is -2.17. The van der Waals surface area contributed by atoms with E-state index < -0.39 is 0 Å². The van der Waals surface area contributed by atoms with E-state index in [0.717, 1.165) is 6.42 Å². The molecule has 0 rings (SSSR count). The summed E-state index contributed by atoms with van der Waals surface area (Å²) in [7, 11) is 0. The van der Waals surface area contributed by atoms with Crippen molar-refractivity contribution in [2.75, 3.05) is 6.61 Å². The third-order valence-electron chi connectivity index (χ3n) is 1.26. The molecule has 0 heterocycles. The summed E-state index contributed by atoms with van der Waals surface area (Å²) >= 11 is 0. The van der Waals surface area contributed by atoms with Crippen molar-refractivity contribution >= 4 is 5.78 Å². The van der Waals surface area contributed by atoms with Crippen molar-refractivity contribution in [1.29, 1.82) is 0 Å². The average Bonchev–Trinajstić information content (AvgIpc) is 1.88. The maximum absolute atomic E-state index is 10.6. The molecule has 1 unspecified atom stereocenters. The van der Waals surface area contributed by atoms with Gasteiger partial charge < -0.3 is 4.74 Å². The first-order chi connectivity index (χ1) is 4.68. The number of carbonyl (C=O) groups is 1. The molecule has 2 heteroatoms. The van der Waals surface area contributed by atoms with Crippen LogP contribution in [0.15, 0.2) is 12.7 Å². The summed E-state index contributed by atoms with van der Waals surface area (Å²) in [5.41, 5.74) is 0. The molecule has 0 radical (unpaired) electrons. The minimum atomic E-state index is -0.264. The molecule has 10 heavy (non-hydrogen) atoms. The van der Waals surface area contributed by atoms with Crippen molar-refractivity contribution < 1.29 is 9.53 Å². The number of Topliss-reactive ketones (excluding diaryl/α,β-unsaturated/α-hetero) is 1. The van der Waals surface area contributed by atoms with E-state index in [0.29, 0.717) is 6.61 Å². The van der Waals surface area contributed by atoms with Crippen LogP contribution in [0.5, 0.6) is 0 Å². The van der Waals surface area contributed by atoms with Crippen LogP contribution in [0.25, 0.3) is 0 Å². The number of carbonyl (C=O) groups excluding carboxylic acids is 1. The zero-order chi connectivity index (χ0) is 7.98. The fraction of sp³-hybridized carbons (Fsp3) is 0.625. The molecular formula is C8H14O2. The first-order valence-electron chi connectivity index (χ1n) is 3.41. The van der Waals surface area contributed by atoms with Crippen LogP contribution in [-0.2, 0) is 9.53 Å². The Morgan fingerprint density at radius 3 is 2.80 bits per heavy atom. The Balaban J connectivity index is 3.30. The van der Waals surface area contributed by atoms with Gasteiger partial charge in [0.2, 0.25) is 0 Å². The van der Waals surface area contributed by atoms with Gasteiger partial charge in [-0.05, 0) is 20.3 Å². The van der Waals surface area contributed by atoms with Gasteiger partial charge in [0.25, 0.3) is 0 Å². The number of rotatable bonds is 5. The zero-order valence-electron chi connectivity index (χ0n) is 6.59. The van der Waals surface area contributed by atoms with Crippen LogP contribution in [0.1, 0.15) is 20.3 Å². The van der Waals surface area contributed by atoms with E-state index in [2.05, 4.69) is 6.58 Å². The molecule has 2 nitrogen and oxygen atoms in total. The lowest BCUT2D eigenvalue weighted by atomic mass is 10.3. The van der Waals surface area contributed by atoms with E-state index in [1.807, 2.05) is 0 Å². The zero-order valence-corrected chi connectivity index (χ0v) is 6.59. The third kappa shape index (κ3) is 4.27. The first kappa shape index (κ1) is 9.37. The molecule has 0 bridgehead atoms. The maximum atomic E-state index is 10.6. The molecule has 1 atom stereocenters. The van der Waals surface area contributed by atoms with Gasteiger partial charge in [-0.25, -0.2) is 0 Å². The molecule has 0 aromatic rings. The second-order valence-corrected chi connectivity index (χ2v) is 2.20. The summed E-state index contributed by atoms with van der Waals surface area (Å²) in [6, 6.07) is 0. The topological polar surface area (TPSA) is 26.3 Å². The van der Waals surface area contributed by atoms with Gasteiger partial charge >= 0.3 is 0 Å². The van der Waals surface area contributed by atoms with Crippen LogP contribution in [0.3, 0.4) is 0 Å². The Hall–Kier alpha value is -0.630. The van der Waals surface area contributed by atoms with E-state index in [4.69, 9.17) is 4.74 Å². The number of ketones is 1. The Kier molecular flexibility index (Phi) is 4.85. The minimum Gasteiger partial charge on any atom is -0.370 e. The lowest BCUT2D eigenvalue weighted by Gasteiger charge is -2.06. The van der Waals surface area contributed by atoms with Crippen LogP contribution in [0.4, 0.5) is 0 Å². The van der Waals surface area contributed by atoms with Crippen molar-refractivity contribution in [3.05, 3.63) is 12.7 Å². The Morgan fingerprint density at radius 1 is 1.80 bits per heavy atom. The number of hydrogen-bond acceptors (Lipinski definition) is 2. The van der Waals surface area contributed by atoms with Crippen LogP contribution in [0, 0.1) is 0 Å². The van der Waals surface area contributed by atoms with Crippen LogP contribution in [-0.4, -0.2) is 18.5 Å². The van der Waals surface area contributed by atoms with Gasteiger partial charge in [0.15, 0.2) is 5.78 Å². The van der Waals surface area contributed by atoms with Crippen LogP contribution in [0.2, 0.25) is 0 Å². The van der Waals surface area contributed by atoms with E-state index in [1.54, 1.807) is 13.0 Å². The quantitative estimate of drug-likeness (QED) is 0.430. The Labute approximate surface area is 61.9 Å². The van der Waals surface area contributed by atoms with Crippen molar-refractivity contribution in [3.8, 4) is 0 Å². The third-order valence-corrected chi connectivity index (χ3v) is 1.26. The highest BCUT2D eigenvalue weighted by molar-refractivity contribution is 5.79. The number of hydrogen-bond donors (Lipinski definition) is 0. The van der Waals surface area contributed by atoms with E-state index in [1.165, 1.54) is 6.92 Å². The normalized spacial score (nSPS) is 12.6. The van der Waals surface area contributed by atoms with Crippen molar-refractivity contribution in [1.82, 2.24) is 0 Å². The SMILES string of the molecule is C=CCCOC(C)C(C)=O. The van der Waals surface area contributed by atoms with Gasteiger partial charge in [-0.2, -0.15) is 0 Å². The van der Waals surface area contributed by atoms with Gasteiger partial charge in [0, 0.05) is 0 Å². The predicted octanol–water partition coefficient (Wildman–Crippen LogP) is 1.56. The summed E-state index contributed by atoms with van der Waals surface area (Å²) in [6.45, 7) is 7.41. The van der Waals surface area contributed by atoms with E-state index in [-0.39, 0.29) is 11.9 Å². The molecule has 0 fully saturated rings. The molecule has 0 N–H and O–H groups in total. The minimum absolute atomic E-state index is 0.0732. The highest BCUT2D eigenvalue weighted by atomic mass is 16.5. The summed E-state index contributed by atoms with van der Waals surface area (Å²) in [6.07, 6.45) is 2.31. The van der Waals surface area contributed by atoms with Gasteiger partial charge in [-0.1, -0.05) is 6.08 Å². The standard InChI is InChI=1S/C8H14O2/c1-4-5-6-10-8(3)7(2)9/h4,8H,1,5-6H2,2-3H3. The van der Waals surface area contributed by atoms with Crippen LogP contribution < -0.4 is 0 Å². The summed E-state index contributed by atoms with van der Waals surface area (Å²) < 4.78 is 5.12. The molecule has 0 aliphatic carbocycles. The molecule has 0 saturated carbocycles. The second-order valence-electron chi connectivity index (χ2n) is 2.20. The monoisotopic (exact) mass is 142 g/mol. The first-order valence-corrected chi connectivity index (χ1v) is 3.41. The predicted molar refractivity (Wildman–Crippen MR) is 40.9 cm³/mol. The fourth-order valence-corrected chi connectivity index (χ4v) is 0.446. The summed E-state index contributed by atoms with van der Waals surface area (Å²) in [4.78, 5) is 10.6. The Bertz CT molecular complexity index is 118. The molecule has 58 valence electrons. The van der Waals surface area contributed by atoms with Crippen molar-refractivity contribution in [3.63, 3.8) is 0 Å². The average molecular weight is 142 g/mol. The van der Waals surface area contributed by atoms with E-state index in [9.17, 15) is 4.79 Å². The largest absolute Gasteiger partial charge is 0.370 e. The molecule has 0 aliphatic rings. The summed E-state index contributed by atoms with van der Waals surface area (Å²) in [5.74, 6) is 0.0732. The number of ether oxygens (including phenoxy) is 1.